The maximum absolute atomic E-state index is 13.9. The first-order chi connectivity index (χ1) is 12.2. The molecule has 1 fully saturated rings. The first-order valence-electron chi connectivity index (χ1n) is 8.42. The van der Waals surface area contributed by atoms with E-state index in [1.54, 1.807) is 11.8 Å². The summed E-state index contributed by atoms with van der Waals surface area (Å²) in [5.41, 5.74) is 2.23. The topological polar surface area (TPSA) is 29.5 Å². The number of rotatable bonds is 3. The van der Waals surface area contributed by atoms with Crippen LogP contribution in [0.1, 0.15) is 11.1 Å². The van der Waals surface area contributed by atoms with E-state index in [1.165, 1.54) is 0 Å². The third-order valence-corrected chi connectivity index (χ3v) is 8.41. The fourth-order valence-electron chi connectivity index (χ4n) is 3.05. The van der Waals surface area contributed by atoms with Crippen molar-refractivity contribution in [2.24, 2.45) is 0 Å². The number of morpholine rings is 1. The fourth-order valence-corrected chi connectivity index (χ4v) is 7.28. The van der Waals surface area contributed by atoms with Gasteiger partial charge in [0.15, 0.2) is 7.29 Å². The molecule has 0 saturated carbocycles. The van der Waals surface area contributed by atoms with Gasteiger partial charge in [0.1, 0.15) is 0 Å². The zero-order chi connectivity index (χ0) is 17.1. The highest BCUT2D eigenvalue weighted by Gasteiger charge is 2.32. The van der Waals surface area contributed by atoms with Crippen LogP contribution in [0.4, 0.5) is 0 Å². The second-order valence-corrected chi connectivity index (χ2v) is 9.57. The third-order valence-electron chi connectivity index (χ3n) is 4.37. The van der Waals surface area contributed by atoms with Crippen molar-refractivity contribution in [3.05, 3.63) is 83.4 Å². The molecule has 0 unspecified atom stereocenters. The van der Waals surface area contributed by atoms with Crippen molar-refractivity contribution >= 4 is 28.9 Å². The monoisotopic (exact) mass is 369 g/mol. The largest absolute Gasteiger partial charge is 0.379 e. The Hall–Kier alpha value is -1.58. The second-order valence-electron chi connectivity index (χ2n) is 6.06. The Morgan fingerprint density at radius 1 is 0.800 bits per heavy atom. The summed E-state index contributed by atoms with van der Waals surface area (Å²) in [7, 11) is -2.72. The third kappa shape index (κ3) is 3.68. The minimum atomic E-state index is -2.72. The maximum Gasteiger partial charge on any atom is 0.195 e. The molecule has 2 aliphatic heterocycles. The maximum atomic E-state index is 13.9. The van der Waals surface area contributed by atoms with Crippen molar-refractivity contribution in [1.82, 2.24) is 4.67 Å². The van der Waals surface area contributed by atoms with E-state index < -0.39 is 7.29 Å². The highest BCUT2D eigenvalue weighted by atomic mass is 32.2. The van der Waals surface area contributed by atoms with Crippen molar-refractivity contribution in [2.75, 3.05) is 26.3 Å². The number of ether oxygens (including phenoxy) is 1. The quantitative estimate of drug-likeness (QED) is 0.683. The molecule has 2 aliphatic rings. The summed E-state index contributed by atoms with van der Waals surface area (Å²) >= 11 is 1.70. The minimum absolute atomic E-state index is 0.639. The molecule has 0 atom stereocenters. The van der Waals surface area contributed by atoms with Crippen LogP contribution in [0.25, 0.3) is 9.81 Å². The predicted octanol–water partition coefficient (Wildman–Crippen LogP) is 5.34. The lowest BCUT2D eigenvalue weighted by molar-refractivity contribution is 0.0731. The smallest absolute Gasteiger partial charge is 0.195 e. The van der Waals surface area contributed by atoms with Crippen LogP contribution >= 0.6 is 19.1 Å². The molecule has 0 N–H and O–H groups in total. The van der Waals surface area contributed by atoms with Crippen LogP contribution in [0.5, 0.6) is 0 Å². The highest BCUT2D eigenvalue weighted by Crippen LogP contribution is 2.63. The Labute approximate surface area is 152 Å². The summed E-state index contributed by atoms with van der Waals surface area (Å²) < 4.78 is 21.4. The molecule has 5 heteroatoms. The number of hydrogen-bond donors (Lipinski definition) is 0. The van der Waals surface area contributed by atoms with E-state index >= 15 is 0 Å². The van der Waals surface area contributed by atoms with E-state index in [0.717, 1.165) is 20.9 Å². The van der Waals surface area contributed by atoms with Crippen molar-refractivity contribution in [3.8, 4) is 0 Å². The van der Waals surface area contributed by atoms with Gasteiger partial charge >= 0.3 is 0 Å². The molecule has 2 aromatic rings. The first kappa shape index (κ1) is 16.9. The average Bonchev–Trinajstić information content (AvgIpc) is 2.70. The van der Waals surface area contributed by atoms with Crippen LogP contribution in [0.3, 0.4) is 0 Å². The Morgan fingerprint density at radius 2 is 1.28 bits per heavy atom. The number of nitrogens with zero attached hydrogens (tertiary/aromatic N) is 1. The van der Waals surface area contributed by atoms with E-state index in [4.69, 9.17) is 4.74 Å². The van der Waals surface area contributed by atoms with Gasteiger partial charge in [-0.25, -0.2) is 4.67 Å². The summed E-state index contributed by atoms with van der Waals surface area (Å²) in [4.78, 5) is 2.13. The molecule has 0 aliphatic carbocycles. The van der Waals surface area contributed by atoms with Crippen molar-refractivity contribution < 1.29 is 9.30 Å². The summed E-state index contributed by atoms with van der Waals surface area (Å²) in [5.74, 6) is 3.95. The Kier molecular flexibility index (Phi) is 4.96. The van der Waals surface area contributed by atoms with Gasteiger partial charge in [-0.3, -0.25) is 4.57 Å². The lowest BCUT2D eigenvalue weighted by atomic mass is 10.2. The molecule has 1 saturated heterocycles. The van der Waals surface area contributed by atoms with Gasteiger partial charge in [-0.2, -0.15) is 0 Å². The normalized spacial score (nSPS) is 20.6. The molecule has 0 radical (unpaired) electrons. The zero-order valence-electron chi connectivity index (χ0n) is 13.9. The summed E-state index contributed by atoms with van der Waals surface area (Å²) in [6, 6.07) is 20.4. The van der Waals surface area contributed by atoms with Gasteiger partial charge in [0.05, 0.1) is 13.2 Å². The van der Waals surface area contributed by atoms with E-state index in [1.807, 2.05) is 48.0 Å². The van der Waals surface area contributed by atoms with Gasteiger partial charge in [0.2, 0.25) is 0 Å². The molecule has 2 aromatic carbocycles. The molecular formula is C20H20NO2PS. The zero-order valence-corrected chi connectivity index (χ0v) is 15.6. The molecule has 128 valence electrons. The summed E-state index contributed by atoms with van der Waals surface area (Å²) in [5, 5.41) is 0. The van der Waals surface area contributed by atoms with E-state index in [2.05, 4.69) is 28.9 Å². The number of benzene rings is 2. The Bertz CT molecular complexity index is 783. The Morgan fingerprint density at radius 3 is 1.76 bits per heavy atom. The number of thioether (sulfide) groups is 1. The van der Waals surface area contributed by atoms with Crippen molar-refractivity contribution in [1.29, 1.82) is 0 Å². The van der Waals surface area contributed by atoms with Crippen molar-refractivity contribution in [3.63, 3.8) is 0 Å². The molecule has 3 nitrogen and oxygen atoms in total. The molecule has 0 amide bonds. The first-order valence-corrected chi connectivity index (χ1v) is 11.0. The summed E-state index contributed by atoms with van der Waals surface area (Å²) in [6.07, 6.45) is 0. The van der Waals surface area contributed by atoms with Crippen LogP contribution in [-0.4, -0.2) is 31.0 Å². The number of hydrogen-bond acceptors (Lipinski definition) is 3. The van der Waals surface area contributed by atoms with E-state index in [9.17, 15) is 4.57 Å². The molecule has 0 spiro atoms. The van der Waals surface area contributed by atoms with Crippen LogP contribution in [-0.2, 0) is 9.30 Å². The molecule has 25 heavy (non-hydrogen) atoms. The van der Waals surface area contributed by atoms with Crippen molar-refractivity contribution in [2.45, 2.75) is 0 Å². The van der Waals surface area contributed by atoms with Crippen LogP contribution in [0, 0.1) is 0 Å². The average molecular weight is 369 g/mol. The predicted molar refractivity (Wildman–Crippen MR) is 106 cm³/mol. The molecule has 2 heterocycles. The molecular weight excluding hydrogens is 349 g/mol. The molecule has 4 rings (SSSR count). The van der Waals surface area contributed by atoms with Gasteiger partial charge in [-0.05, 0) is 11.1 Å². The Balaban J connectivity index is 1.78. The summed E-state index contributed by atoms with van der Waals surface area (Å²) in [6.45, 7) is 2.69. The minimum Gasteiger partial charge on any atom is -0.379 e. The second kappa shape index (κ2) is 7.35. The SMILES string of the molecule is O=P1(N2CCOCC2)C=C(c2ccccc2)SC(c2ccccc2)=C1. The van der Waals surface area contributed by atoms with Crippen LogP contribution in [0.15, 0.2) is 72.3 Å². The van der Waals surface area contributed by atoms with Gasteiger partial charge < -0.3 is 4.74 Å². The van der Waals surface area contributed by atoms with Gasteiger partial charge in [-0.15, -0.1) is 0 Å². The van der Waals surface area contributed by atoms with Crippen LogP contribution < -0.4 is 0 Å². The molecule has 0 bridgehead atoms. The van der Waals surface area contributed by atoms with E-state index in [-0.39, 0.29) is 0 Å². The highest BCUT2D eigenvalue weighted by molar-refractivity contribution is 8.17. The molecule has 0 aromatic heterocycles. The van der Waals surface area contributed by atoms with Gasteiger partial charge in [-0.1, -0.05) is 72.4 Å². The fraction of sp³-hybridized carbons (Fsp3) is 0.200. The lowest BCUT2D eigenvalue weighted by Gasteiger charge is -2.33. The van der Waals surface area contributed by atoms with Crippen LogP contribution in [0.2, 0.25) is 0 Å². The standard InChI is InChI=1S/C20H20NO2PS/c22-24(21-11-13-23-14-12-21)15-19(17-7-3-1-4-8-17)25-20(16-24)18-9-5-2-6-10-18/h1-10,15-16H,11-14H2. The van der Waals surface area contributed by atoms with Gasteiger partial charge in [0, 0.05) is 34.5 Å². The van der Waals surface area contributed by atoms with Gasteiger partial charge in [0.25, 0.3) is 0 Å². The lowest BCUT2D eigenvalue weighted by Crippen LogP contribution is -2.33. The van der Waals surface area contributed by atoms with E-state index in [0.29, 0.717) is 26.3 Å².